The Balaban J connectivity index is 0. The average molecular weight is 205 g/mol. The molecule has 0 aliphatic heterocycles. The van der Waals surface area contributed by atoms with Gasteiger partial charge in [0, 0.05) is 12.6 Å². The first-order valence-corrected chi connectivity index (χ1v) is 4.80. The van der Waals surface area contributed by atoms with Crippen LogP contribution in [0.25, 0.3) is 0 Å². The molecule has 0 fully saturated rings. The first kappa shape index (κ1) is 15.3. The van der Waals surface area contributed by atoms with Crippen molar-refractivity contribution in [1.29, 1.82) is 0 Å². The van der Waals surface area contributed by atoms with E-state index in [0.29, 0.717) is 0 Å². The molecule has 0 aliphatic rings. The van der Waals surface area contributed by atoms with Gasteiger partial charge in [-0.15, -0.1) is 0 Å². The minimum atomic E-state index is -4.20. The number of hydroxylamine groups is 2. The zero-order chi connectivity index (χ0) is 9.07. The van der Waals surface area contributed by atoms with Crippen molar-refractivity contribution in [1.82, 2.24) is 5.06 Å². The Morgan fingerprint density at radius 3 is 2.17 bits per heavy atom. The van der Waals surface area contributed by atoms with Crippen molar-refractivity contribution < 1.29 is 47.7 Å². The molecule has 0 saturated heterocycles. The van der Waals surface area contributed by atoms with E-state index >= 15 is 0 Å². The van der Waals surface area contributed by atoms with Crippen molar-refractivity contribution in [2.75, 3.05) is 12.3 Å². The molecule has 0 aromatic rings. The second-order valence-electron chi connectivity index (χ2n) is 2.52. The molecular weight excluding hydrogens is 193 g/mol. The molecule has 0 saturated carbocycles. The standard InChI is InChI=1S/C5H13NO4S.Na/c1-5(2)6(7)3-4-11(8,9)10;/h5,7H,3-4H2,1-2H3,(H,8,9,10);/q;+1/p-1. The fraction of sp³-hybridized carbons (Fsp3) is 1.00. The molecule has 0 aromatic carbocycles. The Labute approximate surface area is 94.7 Å². The maximum Gasteiger partial charge on any atom is 1.00 e. The van der Waals surface area contributed by atoms with Gasteiger partial charge in [-0.1, -0.05) is 0 Å². The Morgan fingerprint density at radius 2 is 1.92 bits per heavy atom. The van der Waals surface area contributed by atoms with Crippen molar-refractivity contribution in [2.45, 2.75) is 19.9 Å². The second kappa shape index (κ2) is 6.31. The zero-order valence-electron chi connectivity index (χ0n) is 7.52. The van der Waals surface area contributed by atoms with Crippen molar-refractivity contribution in [2.24, 2.45) is 0 Å². The van der Waals surface area contributed by atoms with Gasteiger partial charge in [0.15, 0.2) is 0 Å². The van der Waals surface area contributed by atoms with Crippen LogP contribution in [0.4, 0.5) is 0 Å². The van der Waals surface area contributed by atoms with Crippen molar-refractivity contribution in [3.05, 3.63) is 0 Å². The van der Waals surface area contributed by atoms with E-state index in [0.717, 1.165) is 5.06 Å². The summed E-state index contributed by atoms with van der Waals surface area (Å²) in [6, 6.07) is -0.170. The molecule has 0 rings (SSSR count). The molecule has 0 aromatic heterocycles. The Hall–Kier alpha value is 0.830. The molecule has 0 heterocycles. The number of nitrogens with zero attached hydrogens (tertiary/aromatic N) is 1. The molecule has 7 heteroatoms. The molecule has 0 spiro atoms. The van der Waals surface area contributed by atoms with Crippen LogP contribution in [0.2, 0.25) is 0 Å². The third-order valence-corrected chi connectivity index (χ3v) is 1.85. The predicted octanol–water partition coefficient (Wildman–Crippen LogP) is -3.36. The van der Waals surface area contributed by atoms with Gasteiger partial charge in [0.25, 0.3) is 0 Å². The van der Waals surface area contributed by atoms with E-state index in [1.807, 2.05) is 0 Å². The first-order chi connectivity index (χ1) is 4.83. The van der Waals surface area contributed by atoms with Crippen LogP contribution < -0.4 is 29.6 Å². The van der Waals surface area contributed by atoms with E-state index in [-0.39, 0.29) is 42.1 Å². The molecule has 5 nitrogen and oxygen atoms in total. The fourth-order valence-electron chi connectivity index (χ4n) is 0.464. The largest absolute Gasteiger partial charge is 1.00 e. The first-order valence-electron chi connectivity index (χ1n) is 3.22. The molecule has 1 N–H and O–H groups in total. The minimum absolute atomic E-state index is 0. The van der Waals surface area contributed by atoms with Crippen LogP contribution in [0.1, 0.15) is 13.8 Å². The predicted molar refractivity (Wildman–Crippen MR) is 38.2 cm³/mol. The number of hydrogen-bond donors (Lipinski definition) is 1. The van der Waals surface area contributed by atoms with E-state index < -0.39 is 15.9 Å². The molecule has 12 heavy (non-hydrogen) atoms. The quantitative estimate of drug-likeness (QED) is 0.294. The molecule has 0 aliphatic carbocycles. The normalized spacial score (nSPS) is 11.8. The third kappa shape index (κ3) is 8.92. The molecule has 0 radical (unpaired) electrons. The number of rotatable bonds is 4. The van der Waals surface area contributed by atoms with Crippen LogP contribution in [-0.2, 0) is 10.1 Å². The van der Waals surface area contributed by atoms with Gasteiger partial charge in [-0.2, -0.15) is 5.06 Å². The molecule has 0 unspecified atom stereocenters. The Kier molecular flexibility index (Phi) is 8.05. The Bertz CT molecular complexity index is 203. The fourth-order valence-corrected chi connectivity index (χ4v) is 0.874. The van der Waals surface area contributed by atoms with E-state index in [9.17, 15) is 13.0 Å². The molecule has 0 bridgehead atoms. The van der Waals surface area contributed by atoms with Crippen LogP contribution in [0, 0.1) is 0 Å². The van der Waals surface area contributed by atoms with E-state index in [1.165, 1.54) is 0 Å². The summed E-state index contributed by atoms with van der Waals surface area (Å²) in [6.07, 6.45) is 0. The van der Waals surface area contributed by atoms with Crippen molar-refractivity contribution in [3.8, 4) is 0 Å². The summed E-state index contributed by atoms with van der Waals surface area (Å²) in [7, 11) is -4.20. The van der Waals surface area contributed by atoms with Gasteiger partial charge < -0.3 is 9.76 Å². The van der Waals surface area contributed by atoms with Crippen LogP contribution in [-0.4, -0.2) is 41.6 Å². The minimum Gasteiger partial charge on any atom is -0.748 e. The van der Waals surface area contributed by atoms with Gasteiger partial charge >= 0.3 is 29.6 Å². The summed E-state index contributed by atoms with van der Waals surface area (Å²) in [5, 5.41) is 9.73. The summed E-state index contributed by atoms with van der Waals surface area (Å²) in [6.45, 7) is 3.25. The van der Waals surface area contributed by atoms with Gasteiger partial charge in [0.1, 0.15) is 0 Å². The van der Waals surface area contributed by atoms with Crippen LogP contribution in [0.5, 0.6) is 0 Å². The van der Waals surface area contributed by atoms with Gasteiger partial charge in [-0.25, -0.2) is 8.42 Å². The molecule has 0 atom stereocenters. The van der Waals surface area contributed by atoms with Crippen molar-refractivity contribution in [3.63, 3.8) is 0 Å². The topological polar surface area (TPSA) is 80.7 Å². The number of hydrogen-bond acceptors (Lipinski definition) is 5. The zero-order valence-corrected chi connectivity index (χ0v) is 10.3. The Morgan fingerprint density at radius 1 is 1.50 bits per heavy atom. The van der Waals surface area contributed by atoms with Crippen LogP contribution in [0.3, 0.4) is 0 Å². The summed E-state index contributed by atoms with van der Waals surface area (Å²) < 4.78 is 30.2. The molecular formula is C5H12NNaO4S. The van der Waals surface area contributed by atoms with E-state index in [1.54, 1.807) is 13.8 Å². The van der Waals surface area contributed by atoms with Crippen LogP contribution >= 0.6 is 0 Å². The van der Waals surface area contributed by atoms with Gasteiger partial charge in [-0.3, -0.25) is 0 Å². The summed E-state index contributed by atoms with van der Waals surface area (Å²) in [5.74, 6) is -0.554. The maximum absolute atomic E-state index is 10.1. The third-order valence-electron chi connectivity index (χ3n) is 1.17. The van der Waals surface area contributed by atoms with E-state index in [2.05, 4.69) is 0 Å². The monoisotopic (exact) mass is 205 g/mol. The second-order valence-corrected chi connectivity index (χ2v) is 4.04. The SMILES string of the molecule is CC(C)N(O)CCS(=O)(=O)[O-].[Na+]. The summed E-state index contributed by atoms with van der Waals surface area (Å²) in [4.78, 5) is 0. The smallest absolute Gasteiger partial charge is 0.748 e. The van der Waals surface area contributed by atoms with E-state index in [4.69, 9.17) is 5.21 Å². The molecule has 0 amide bonds. The molecule has 68 valence electrons. The average Bonchev–Trinajstić information content (AvgIpc) is 1.80. The van der Waals surface area contributed by atoms with Gasteiger partial charge in [0.05, 0.1) is 15.9 Å². The van der Waals surface area contributed by atoms with Gasteiger partial charge in [-0.05, 0) is 13.8 Å². The summed E-state index contributed by atoms with van der Waals surface area (Å²) >= 11 is 0. The maximum atomic E-state index is 10.1. The van der Waals surface area contributed by atoms with Crippen LogP contribution in [0.15, 0.2) is 0 Å². The van der Waals surface area contributed by atoms with Crippen molar-refractivity contribution >= 4 is 10.1 Å². The van der Waals surface area contributed by atoms with Gasteiger partial charge in [0.2, 0.25) is 0 Å². The summed E-state index contributed by atoms with van der Waals surface area (Å²) in [5.41, 5.74) is 0.